The number of nitrogens with one attached hydrogen (secondary N) is 1. The van der Waals surface area contributed by atoms with E-state index in [-0.39, 0.29) is 17.5 Å². The molecule has 0 unspecified atom stereocenters. The van der Waals surface area contributed by atoms with Gasteiger partial charge in [0.1, 0.15) is 0 Å². The summed E-state index contributed by atoms with van der Waals surface area (Å²) in [5.41, 5.74) is 1.09. The fourth-order valence-corrected chi connectivity index (χ4v) is 6.31. The lowest BCUT2D eigenvalue weighted by Gasteiger charge is -2.57. The third-order valence-electron chi connectivity index (χ3n) is 7.37. The van der Waals surface area contributed by atoms with Crippen LogP contribution in [0, 0.1) is 17.8 Å². The molecule has 1 aromatic carbocycles. The van der Waals surface area contributed by atoms with E-state index in [1.807, 2.05) is 32.2 Å². The molecule has 4 saturated carbocycles. The van der Waals surface area contributed by atoms with Gasteiger partial charge in [0.05, 0.1) is 20.3 Å². The first-order valence-corrected chi connectivity index (χ1v) is 10.6. The lowest BCUT2D eigenvalue weighted by atomic mass is 9.53. The summed E-state index contributed by atoms with van der Waals surface area (Å²) in [6, 6.07) is 5.70. The Morgan fingerprint density at radius 3 is 2.29 bits per heavy atom. The highest BCUT2D eigenvalue weighted by Crippen LogP contribution is 2.55. The molecular weight excluding hydrogens is 352 g/mol. The van der Waals surface area contributed by atoms with Crippen molar-refractivity contribution < 1.29 is 14.3 Å². The van der Waals surface area contributed by atoms with Crippen LogP contribution in [0.3, 0.4) is 0 Å². The van der Waals surface area contributed by atoms with Gasteiger partial charge < -0.3 is 14.8 Å². The molecule has 1 atom stereocenters. The molecule has 0 aromatic heterocycles. The SMILES string of the molecule is COc1cccc(CN(C)[C@H](C)C(=O)NC23CC4CC(CC(C4)C2)C3)c1OC. The second-order valence-electron chi connectivity index (χ2n) is 9.43. The molecule has 4 fully saturated rings. The Morgan fingerprint density at radius 1 is 1.14 bits per heavy atom. The van der Waals surface area contributed by atoms with Gasteiger partial charge in [0, 0.05) is 17.6 Å². The van der Waals surface area contributed by atoms with Crippen molar-refractivity contribution in [3.05, 3.63) is 23.8 Å². The highest BCUT2D eigenvalue weighted by Gasteiger charge is 2.51. The van der Waals surface area contributed by atoms with Gasteiger partial charge in [-0.15, -0.1) is 0 Å². The molecule has 4 bridgehead atoms. The number of rotatable bonds is 7. The predicted molar refractivity (Wildman–Crippen MR) is 110 cm³/mol. The highest BCUT2D eigenvalue weighted by molar-refractivity contribution is 5.82. The monoisotopic (exact) mass is 386 g/mol. The lowest BCUT2D eigenvalue weighted by molar-refractivity contribution is -0.131. The highest BCUT2D eigenvalue weighted by atomic mass is 16.5. The first-order valence-electron chi connectivity index (χ1n) is 10.6. The molecule has 0 aliphatic heterocycles. The molecule has 154 valence electrons. The molecule has 4 aliphatic carbocycles. The maximum absolute atomic E-state index is 13.1. The van der Waals surface area contributed by atoms with Gasteiger partial charge >= 0.3 is 0 Å². The molecule has 0 spiro atoms. The van der Waals surface area contributed by atoms with Crippen molar-refractivity contribution >= 4 is 5.91 Å². The number of benzene rings is 1. The van der Waals surface area contributed by atoms with Gasteiger partial charge in [0.15, 0.2) is 11.5 Å². The Hall–Kier alpha value is -1.75. The molecule has 28 heavy (non-hydrogen) atoms. The molecule has 1 amide bonds. The van der Waals surface area contributed by atoms with E-state index in [2.05, 4.69) is 10.2 Å². The fraction of sp³-hybridized carbons (Fsp3) is 0.696. The molecule has 1 N–H and O–H groups in total. The molecular formula is C23H34N2O3. The molecule has 0 heterocycles. The minimum atomic E-state index is -0.191. The summed E-state index contributed by atoms with van der Waals surface area (Å²) in [6.07, 6.45) is 7.72. The number of hydrogen-bond acceptors (Lipinski definition) is 4. The van der Waals surface area contributed by atoms with Crippen molar-refractivity contribution in [2.75, 3.05) is 21.3 Å². The van der Waals surface area contributed by atoms with Crippen molar-refractivity contribution in [2.24, 2.45) is 17.8 Å². The van der Waals surface area contributed by atoms with Crippen LogP contribution in [0.5, 0.6) is 11.5 Å². The number of hydrogen-bond donors (Lipinski definition) is 1. The van der Waals surface area contributed by atoms with Crippen molar-refractivity contribution in [1.29, 1.82) is 0 Å². The number of methoxy groups -OCH3 is 2. The van der Waals surface area contributed by atoms with Gasteiger partial charge in [-0.3, -0.25) is 9.69 Å². The second-order valence-corrected chi connectivity index (χ2v) is 9.43. The zero-order chi connectivity index (χ0) is 19.9. The summed E-state index contributed by atoms with van der Waals surface area (Å²) in [4.78, 5) is 15.2. The Morgan fingerprint density at radius 2 is 1.75 bits per heavy atom. The summed E-state index contributed by atoms with van der Waals surface area (Å²) in [5, 5.41) is 3.51. The third-order valence-corrected chi connectivity index (χ3v) is 7.37. The molecule has 5 rings (SSSR count). The maximum atomic E-state index is 13.1. The minimum absolute atomic E-state index is 0.0641. The predicted octanol–water partition coefficient (Wildman–Crippen LogP) is 3.61. The van der Waals surface area contributed by atoms with Gasteiger partial charge in [0.25, 0.3) is 0 Å². The maximum Gasteiger partial charge on any atom is 0.237 e. The molecule has 5 heteroatoms. The van der Waals surface area contributed by atoms with Crippen LogP contribution in [0.2, 0.25) is 0 Å². The van der Waals surface area contributed by atoms with Crippen LogP contribution in [0.25, 0.3) is 0 Å². The number of para-hydroxylation sites is 1. The normalized spacial score (nSPS) is 31.7. The fourth-order valence-electron chi connectivity index (χ4n) is 6.31. The van der Waals surface area contributed by atoms with Crippen molar-refractivity contribution in [3.63, 3.8) is 0 Å². The van der Waals surface area contributed by atoms with E-state index in [4.69, 9.17) is 9.47 Å². The Bertz CT molecular complexity index is 697. The summed E-state index contributed by atoms with van der Waals surface area (Å²) in [6.45, 7) is 2.64. The van der Waals surface area contributed by atoms with Gasteiger partial charge in [-0.1, -0.05) is 12.1 Å². The average molecular weight is 387 g/mol. The first kappa shape index (κ1) is 19.6. The minimum Gasteiger partial charge on any atom is -0.493 e. The molecule has 0 saturated heterocycles. The lowest BCUT2D eigenvalue weighted by Crippen LogP contribution is -2.62. The number of likely N-dealkylation sites (N-methyl/N-ethyl adjacent to an activating group) is 1. The zero-order valence-electron chi connectivity index (χ0n) is 17.7. The van der Waals surface area contributed by atoms with E-state index in [9.17, 15) is 4.79 Å². The van der Waals surface area contributed by atoms with Gasteiger partial charge in [-0.2, -0.15) is 0 Å². The van der Waals surface area contributed by atoms with Gasteiger partial charge in [0.2, 0.25) is 5.91 Å². The third kappa shape index (κ3) is 3.61. The Balaban J connectivity index is 1.42. The van der Waals surface area contributed by atoms with Crippen LogP contribution in [-0.2, 0) is 11.3 Å². The number of carbonyl (C=O) groups excluding carboxylic acids is 1. The quantitative estimate of drug-likeness (QED) is 0.778. The standard InChI is InChI=1S/C23H34N2O3/c1-15(25(2)14-19-6-5-7-20(27-3)21(19)28-4)22(26)24-23-11-16-8-17(12-23)10-18(9-16)13-23/h5-7,15-18H,8-14H2,1-4H3,(H,24,26)/t15-,16?,17?,18?,23?/m1/s1. The van der Waals surface area contributed by atoms with E-state index in [1.165, 1.54) is 38.5 Å². The smallest absolute Gasteiger partial charge is 0.237 e. The first-order chi connectivity index (χ1) is 13.4. The number of nitrogens with zero attached hydrogens (tertiary/aromatic N) is 1. The van der Waals surface area contributed by atoms with Gasteiger partial charge in [-0.25, -0.2) is 0 Å². The Labute approximate surface area is 168 Å². The van der Waals surface area contributed by atoms with E-state index < -0.39 is 0 Å². The van der Waals surface area contributed by atoms with E-state index in [1.54, 1.807) is 14.2 Å². The summed E-state index contributed by atoms with van der Waals surface area (Å²) < 4.78 is 10.9. The molecule has 0 radical (unpaired) electrons. The Kier molecular flexibility index (Phi) is 5.30. The molecule has 5 nitrogen and oxygen atoms in total. The van der Waals surface area contributed by atoms with E-state index in [0.29, 0.717) is 6.54 Å². The number of carbonyl (C=O) groups is 1. The van der Waals surface area contributed by atoms with Crippen LogP contribution in [0.4, 0.5) is 0 Å². The van der Waals surface area contributed by atoms with Crippen LogP contribution in [0.1, 0.15) is 51.0 Å². The number of ether oxygens (including phenoxy) is 2. The average Bonchev–Trinajstić information content (AvgIpc) is 2.65. The van der Waals surface area contributed by atoms with Crippen molar-refractivity contribution in [1.82, 2.24) is 10.2 Å². The second kappa shape index (κ2) is 7.58. The van der Waals surface area contributed by atoms with Crippen LogP contribution >= 0.6 is 0 Å². The largest absolute Gasteiger partial charge is 0.493 e. The number of amides is 1. The van der Waals surface area contributed by atoms with E-state index >= 15 is 0 Å². The van der Waals surface area contributed by atoms with Crippen LogP contribution in [-0.4, -0.2) is 43.7 Å². The van der Waals surface area contributed by atoms with Crippen LogP contribution in [0.15, 0.2) is 18.2 Å². The summed E-state index contributed by atoms with van der Waals surface area (Å²) in [5.74, 6) is 4.12. The van der Waals surface area contributed by atoms with Crippen molar-refractivity contribution in [2.45, 2.75) is 63.6 Å². The molecule has 1 aromatic rings. The topological polar surface area (TPSA) is 50.8 Å². The summed E-state index contributed by atoms with van der Waals surface area (Å²) >= 11 is 0. The molecule has 4 aliphatic rings. The zero-order valence-corrected chi connectivity index (χ0v) is 17.7. The van der Waals surface area contributed by atoms with Crippen LogP contribution < -0.4 is 14.8 Å². The summed E-state index contributed by atoms with van der Waals surface area (Å²) in [7, 11) is 5.31. The van der Waals surface area contributed by atoms with Crippen molar-refractivity contribution in [3.8, 4) is 11.5 Å². The van der Waals surface area contributed by atoms with Gasteiger partial charge in [-0.05, 0) is 76.3 Å². The van der Waals surface area contributed by atoms with E-state index in [0.717, 1.165) is 34.8 Å².